The minimum atomic E-state index is 0.730. The molecular formula is C20H30S3. The predicted octanol–water partition coefficient (Wildman–Crippen LogP) is 5.19. The van der Waals surface area contributed by atoms with Crippen molar-refractivity contribution < 1.29 is 0 Å². The lowest BCUT2D eigenvalue weighted by atomic mass is 9.81. The molecule has 0 heterocycles. The van der Waals surface area contributed by atoms with Gasteiger partial charge in [0.25, 0.3) is 0 Å². The third-order valence-corrected chi connectivity index (χ3v) is 11.7. The maximum Gasteiger partial charge on any atom is 0.00838 e. The average molecular weight is 367 g/mol. The van der Waals surface area contributed by atoms with Crippen LogP contribution in [0.3, 0.4) is 0 Å². The highest BCUT2D eigenvalue weighted by atomic mass is 32.2. The van der Waals surface area contributed by atoms with Crippen LogP contribution in [0.5, 0.6) is 0 Å². The Morgan fingerprint density at radius 2 is 0.913 bits per heavy atom. The van der Waals surface area contributed by atoms with Gasteiger partial charge in [-0.25, -0.2) is 0 Å². The maximum atomic E-state index is 4.82. The smallest absolute Gasteiger partial charge is 0.00838 e. The number of fused-ring (bicyclic) bond motifs is 10. The lowest BCUT2D eigenvalue weighted by Crippen LogP contribution is -2.32. The number of hydrogen-bond donors (Lipinski definition) is 2. The standard InChI is InChI=1S/C20H30S3/c21-11-5-13-9-1-17(15(13)7-11)19(3-9)23-20-4-10-2-18(20)16-8-12(22)6-14(10)16/h9-22H,1-8H2. The lowest BCUT2D eigenvalue weighted by Gasteiger charge is -2.37. The van der Waals surface area contributed by atoms with Gasteiger partial charge in [0, 0.05) is 21.0 Å². The first-order chi connectivity index (χ1) is 11.2. The van der Waals surface area contributed by atoms with Crippen molar-refractivity contribution in [1.82, 2.24) is 0 Å². The van der Waals surface area contributed by atoms with Crippen LogP contribution >= 0.6 is 37.0 Å². The fourth-order valence-electron chi connectivity index (χ4n) is 8.50. The zero-order valence-corrected chi connectivity index (χ0v) is 16.5. The van der Waals surface area contributed by atoms with Gasteiger partial charge in [-0.1, -0.05) is 0 Å². The van der Waals surface area contributed by atoms with Crippen molar-refractivity contribution in [2.24, 2.45) is 47.3 Å². The third-order valence-electron chi connectivity index (χ3n) is 9.11. The zero-order chi connectivity index (χ0) is 15.3. The van der Waals surface area contributed by atoms with Crippen LogP contribution in [0, 0.1) is 47.3 Å². The van der Waals surface area contributed by atoms with Gasteiger partial charge in [0.1, 0.15) is 0 Å². The molecule has 0 aliphatic heterocycles. The predicted molar refractivity (Wildman–Crippen MR) is 106 cm³/mol. The Kier molecular flexibility index (Phi) is 3.48. The van der Waals surface area contributed by atoms with Gasteiger partial charge in [-0.2, -0.15) is 37.0 Å². The van der Waals surface area contributed by atoms with E-state index in [1.165, 1.54) is 25.7 Å². The molecule has 12 unspecified atom stereocenters. The van der Waals surface area contributed by atoms with Gasteiger partial charge in [-0.3, -0.25) is 0 Å². The molecule has 0 amide bonds. The van der Waals surface area contributed by atoms with Crippen LogP contribution in [0.2, 0.25) is 0 Å². The number of thioether (sulfide) groups is 1. The van der Waals surface area contributed by atoms with E-state index in [0.717, 1.165) is 68.3 Å². The van der Waals surface area contributed by atoms with Gasteiger partial charge in [-0.05, 0) is 98.7 Å². The summed E-state index contributed by atoms with van der Waals surface area (Å²) in [5.41, 5.74) is 0. The van der Waals surface area contributed by atoms with Gasteiger partial charge in [-0.15, -0.1) is 0 Å². The summed E-state index contributed by atoms with van der Waals surface area (Å²) in [6.45, 7) is 0. The lowest BCUT2D eigenvalue weighted by molar-refractivity contribution is 0.256. The second-order valence-electron chi connectivity index (χ2n) is 9.91. The Labute approximate surface area is 156 Å². The van der Waals surface area contributed by atoms with Crippen molar-refractivity contribution in [3.8, 4) is 0 Å². The first-order valence-electron chi connectivity index (χ1n) is 10.2. The highest BCUT2D eigenvalue weighted by Gasteiger charge is 2.59. The van der Waals surface area contributed by atoms with E-state index in [1.807, 2.05) is 0 Å². The quantitative estimate of drug-likeness (QED) is 0.635. The molecule has 12 atom stereocenters. The van der Waals surface area contributed by atoms with Gasteiger partial charge in [0.15, 0.2) is 0 Å². The molecule has 6 fully saturated rings. The molecule has 4 bridgehead atoms. The summed E-state index contributed by atoms with van der Waals surface area (Å²) in [7, 11) is 0. The van der Waals surface area contributed by atoms with Crippen LogP contribution in [-0.4, -0.2) is 21.0 Å². The van der Waals surface area contributed by atoms with Crippen molar-refractivity contribution >= 4 is 37.0 Å². The molecule has 6 aliphatic rings. The molecule has 0 nitrogen and oxygen atoms in total. The average Bonchev–Trinajstić information content (AvgIpc) is 3.24. The Morgan fingerprint density at radius 1 is 0.478 bits per heavy atom. The first-order valence-corrected chi connectivity index (χ1v) is 12.2. The Hall–Kier alpha value is 1.05. The molecule has 6 saturated carbocycles. The summed E-state index contributed by atoms with van der Waals surface area (Å²) in [5, 5.41) is 3.51. The Morgan fingerprint density at radius 3 is 1.39 bits per heavy atom. The molecule has 0 aromatic heterocycles. The molecule has 0 aromatic rings. The molecule has 128 valence electrons. The van der Waals surface area contributed by atoms with Crippen molar-refractivity contribution in [3.63, 3.8) is 0 Å². The van der Waals surface area contributed by atoms with Crippen molar-refractivity contribution in [1.29, 1.82) is 0 Å². The van der Waals surface area contributed by atoms with Gasteiger partial charge in [0.05, 0.1) is 0 Å². The minimum absolute atomic E-state index is 0.730. The highest BCUT2D eigenvalue weighted by Crippen LogP contribution is 2.66. The van der Waals surface area contributed by atoms with E-state index < -0.39 is 0 Å². The van der Waals surface area contributed by atoms with E-state index >= 15 is 0 Å². The minimum Gasteiger partial charge on any atom is -0.176 e. The number of rotatable bonds is 2. The van der Waals surface area contributed by atoms with Crippen LogP contribution in [0.4, 0.5) is 0 Å². The maximum absolute atomic E-state index is 4.82. The van der Waals surface area contributed by atoms with Crippen LogP contribution in [0.25, 0.3) is 0 Å². The van der Waals surface area contributed by atoms with Crippen LogP contribution < -0.4 is 0 Å². The normalized spacial score (nSPS) is 65.5. The van der Waals surface area contributed by atoms with E-state index in [1.54, 1.807) is 25.7 Å². The SMILES string of the molecule is SC1CC2C3CC(SC4CC5CC4C4CC(S)CC54)C(C3)C2C1. The van der Waals surface area contributed by atoms with Crippen molar-refractivity contribution in [2.75, 3.05) is 0 Å². The molecule has 6 aliphatic carbocycles. The molecule has 0 N–H and O–H groups in total. The monoisotopic (exact) mass is 366 g/mol. The van der Waals surface area contributed by atoms with E-state index in [-0.39, 0.29) is 0 Å². The molecule has 3 heteroatoms. The number of hydrogen-bond acceptors (Lipinski definition) is 3. The van der Waals surface area contributed by atoms with E-state index in [9.17, 15) is 0 Å². The molecule has 0 saturated heterocycles. The summed E-state index contributed by atoms with van der Waals surface area (Å²) in [6, 6.07) is 0. The fourth-order valence-corrected chi connectivity index (χ4v) is 11.7. The van der Waals surface area contributed by atoms with Crippen molar-refractivity contribution in [2.45, 2.75) is 72.4 Å². The highest BCUT2D eigenvalue weighted by molar-refractivity contribution is 8.00. The molecule has 0 spiro atoms. The summed E-state index contributed by atoms with van der Waals surface area (Å²) < 4.78 is 0. The largest absolute Gasteiger partial charge is 0.176 e. The summed E-state index contributed by atoms with van der Waals surface area (Å²) in [5.74, 6) is 8.58. The van der Waals surface area contributed by atoms with Crippen molar-refractivity contribution in [3.05, 3.63) is 0 Å². The first kappa shape index (κ1) is 15.1. The Balaban J connectivity index is 1.16. The second-order valence-corrected chi connectivity index (χ2v) is 12.9. The van der Waals surface area contributed by atoms with E-state index in [0.29, 0.717) is 0 Å². The Bertz CT molecular complexity index is 463. The van der Waals surface area contributed by atoms with Crippen LogP contribution in [-0.2, 0) is 0 Å². The topological polar surface area (TPSA) is 0 Å². The van der Waals surface area contributed by atoms with Crippen LogP contribution in [0.1, 0.15) is 51.4 Å². The summed E-state index contributed by atoms with van der Waals surface area (Å²) in [4.78, 5) is 0. The zero-order valence-electron chi connectivity index (χ0n) is 13.9. The molecule has 0 radical (unpaired) electrons. The third kappa shape index (κ3) is 2.14. The molecule has 6 rings (SSSR count). The van der Waals surface area contributed by atoms with Crippen LogP contribution in [0.15, 0.2) is 0 Å². The van der Waals surface area contributed by atoms with Gasteiger partial charge < -0.3 is 0 Å². The van der Waals surface area contributed by atoms with Gasteiger partial charge in [0.2, 0.25) is 0 Å². The second kappa shape index (κ2) is 5.28. The molecule has 0 aromatic carbocycles. The van der Waals surface area contributed by atoms with Gasteiger partial charge >= 0.3 is 0 Å². The number of thiol groups is 2. The molecule has 23 heavy (non-hydrogen) atoms. The molecular weight excluding hydrogens is 336 g/mol. The summed E-state index contributed by atoms with van der Waals surface area (Å²) >= 11 is 12.1. The summed E-state index contributed by atoms with van der Waals surface area (Å²) in [6.07, 6.45) is 12.0. The van der Waals surface area contributed by atoms with E-state index in [2.05, 4.69) is 11.8 Å². The van der Waals surface area contributed by atoms with E-state index in [4.69, 9.17) is 25.3 Å². The fraction of sp³-hybridized carbons (Fsp3) is 1.00.